The van der Waals surface area contributed by atoms with Gasteiger partial charge in [-0.15, -0.1) is 0 Å². The molecule has 0 aromatic heterocycles. The van der Waals surface area contributed by atoms with E-state index in [4.69, 9.17) is 0 Å². The number of nitrogens with one attached hydrogen (secondary N) is 1. The van der Waals surface area contributed by atoms with Gasteiger partial charge in [-0.2, -0.15) is 4.49 Å². The van der Waals surface area contributed by atoms with Gasteiger partial charge in [0, 0.05) is 0 Å². The van der Waals surface area contributed by atoms with Crippen molar-refractivity contribution in [1.29, 1.82) is 0 Å². The fourth-order valence-electron chi connectivity index (χ4n) is 2.21. The first-order valence-electron chi connectivity index (χ1n) is 7.67. The Morgan fingerprint density at radius 2 is 1.57 bits per heavy atom. The molecule has 0 aliphatic carbocycles. The lowest BCUT2D eigenvalue weighted by Crippen LogP contribution is -2.25. The molecule has 0 saturated heterocycles. The molecule has 1 aromatic rings. The van der Waals surface area contributed by atoms with Crippen LogP contribution in [0.3, 0.4) is 0 Å². The molecule has 0 aliphatic heterocycles. The smallest absolute Gasteiger partial charge is 0.207 e. The average molecular weight is 329 g/mol. The van der Waals surface area contributed by atoms with Gasteiger partial charge >= 0.3 is 0 Å². The van der Waals surface area contributed by atoms with Gasteiger partial charge in [0.1, 0.15) is 0 Å². The topological polar surface area (TPSA) is 46.2 Å². The fourth-order valence-corrected chi connectivity index (χ4v) is 7.12. The molecule has 3 nitrogen and oxygen atoms in total. The number of rotatable bonds is 8. The Kier molecular flexibility index (Phi) is 7.32. The van der Waals surface area contributed by atoms with Gasteiger partial charge in [-0.3, -0.25) is 0 Å². The summed E-state index contributed by atoms with van der Waals surface area (Å²) in [6.45, 7) is 10.4. The maximum absolute atomic E-state index is 12.5. The highest BCUT2D eigenvalue weighted by molar-refractivity contribution is 7.95. The van der Waals surface area contributed by atoms with E-state index in [2.05, 4.69) is 39.1 Å². The van der Waals surface area contributed by atoms with E-state index >= 15 is 0 Å². The molecule has 0 fully saturated rings. The molecular formula is C16H28NO2PS. The Morgan fingerprint density at radius 3 is 2.00 bits per heavy atom. The second-order valence-electron chi connectivity index (χ2n) is 5.94. The lowest BCUT2D eigenvalue weighted by Gasteiger charge is -2.26. The van der Waals surface area contributed by atoms with Crippen molar-refractivity contribution in [3.63, 3.8) is 0 Å². The van der Waals surface area contributed by atoms with Crippen molar-refractivity contribution >= 4 is 18.1 Å². The second kappa shape index (κ2) is 8.26. The molecule has 1 aromatic carbocycles. The quantitative estimate of drug-likeness (QED) is 0.713. The maximum Gasteiger partial charge on any atom is 0.243 e. The minimum absolute atomic E-state index is 0.332. The van der Waals surface area contributed by atoms with Gasteiger partial charge in [-0.25, -0.2) is 8.42 Å². The summed E-state index contributed by atoms with van der Waals surface area (Å²) in [5.74, 6) is 0. The maximum atomic E-state index is 12.5. The highest BCUT2D eigenvalue weighted by atomic mass is 32.2. The van der Waals surface area contributed by atoms with Crippen molar-refractivity contribution in [2.75, 3.05) is 0 Å². The van der Waals surface area contributed by atoms with Crippen LogP contribution in [0.4, 0.5) is 0 Å². The molecule has 0 atom stereocenters. The zero-order chi connectivity index (χ0) is 16.0. The van der Waals surface area contributed by atoms with Crippen molar-refractivity contribution in [3.8, 4) is 0 Å². The van der Waals surface area contributed by atoms with Gasteiger partial charge in [-0.05, 0) is 49.9 Å². The first kappa shape index (κ1) is 18.6. The average Bonchev–Trinajstić information content (AvgIpc) is 2.42. The Labute approximate surface area is 131 Å². The Morgan fingerprint density at radius 1 is 1.05 bits per heavy atom. The second-order valence-corrected chi connectivity index (χ2v) is 11.0. The largest absolute Gasteiger partial charge is 0.243 e. The van der Waals surface area contributed by atoms with Crippen LogP contribution in [0.5, 0.6) is 0 Å². The summed E-state index contributed by atoms with van der Waals surface area (Å²) in [7, 11) is -4.15. The summed E-state index contributed by atoms with van der Waals surface area (Å²) in [6, 6.07) is 7.30. The normalized spacial score (nSPS) is 12.6. The van der Waals surface area contributed by atoms with Crippen LogP contribution in [0.25, 0.3) is 0 Å². The van der Waals surface area contributed by atoms with Gasteiger partial charge < -0.3 is 0 Å². The van der Waals surface area contributed by atoms with Crippen LogP contribution in [0.1, 0.15) is 53.0 Å². The third kappa shape index (κ3) is 5.69. The molecule has 0 heterocycles. The van der Waals surface area contributed by atoms with Crippen molar-refractivity contribution < 1.29 is 8.42 Å². The molecule has 0 bridgehead atoms. The van der Waals surface area contributed by atoms with Gasteiger partial charge in [0.2, 0.25) is 10.0 Å². The molecule has 0 radical (unpaired) electrons. The van der Waals surface area contributed by atoms with E-state index in [9.17, 15) is 8.42 Å². The number of aryl methyl sites for hydroxylation is 1. The Hall–Kier alpha value is -0.440. The summed E-state index contributed by atoms with van der Waals surface area (Å²) in [6.07, 6.45) is 3.29. The third-order valence-corrected chi connectivity index (χ3v) is 8.31. The monoisotopic (exact) mass is 329 g/mol. The summed E-state index contributed by atoms with van der Waals surface area (Å²) in [5, 5.41) is 0. The molecule has 0 saturated carbocycles. The highest BCUT2D eigenvalue weighted by Crippen LogP contribution is 2.43. The summed E-state index contributed by atoms with van der Waals surface area (Å²) in [4.78, 5) is 0.372. The van der Waals surface area contributed by atoms with Crippen LogP contribution in [0, 0.1) is 0 Å². The van der Waals surface area contributed by atoms with E-state index in [1.54, 1.807) is 12.1 Å². The van der Waals surface area contributed by atoms with Crippen LogP contribution < -0.4 is 4.49 Å². The van der Waals surface area contributed by atoms with Gasteiger partial charge in [0.25, 0.3) is 0 Å². The Bertz CT molecular complexity index is 516. The zero-order valence-electron chi connectivity index (χ0n) is 13.8. The number of hydrogen-bond acceptors (Lipinski definition) is 2. The van der Waals surface area contributed by atoms with Crippen molar-refractivity contribution in [3.05, 3.63) is 29.8 Å². The van der Waals surface area contributed by atoms with Crippen molar-refractivity contribution in [2.24, 2.45) is 0 Å². The summed E-state index contributed by atoms with van der Waals surface area (Å²) < 4.78 is 27.9. The van der Waals surface area contributed by atoms with Gasteiger partial charge in [0.15, 0.2) is 0 Å². The van der Waals surface area contributed by atoms with Gasteiger partial charge in [0.05, 0.1) is 4.90 Å². The van der Waals surface area contributed by atoms with Crippen LogP contribution in [-0.2, 0) is 16.4 Å². The molecule has 1 rings (SSSR count). The molecule has 0 aliphatic rings. The van der Waals surface area contributed by atoms with Crippen molar-refractivity contribution in [2.45, 2.75) is 70.1 Å². The Balaban J connectivity index is 2.87. The number of unbranched alkanes of at least 4 members (excludes halogenated alkanes) is 1. The van der Waals surface area contributed by atoms with Crippen LogP contribution in [0.15, 0.2) is 29.2 Å². The minimum atomic E-state index is -3.41. The SMILES string of the molecule is CCCCc1ccc(S(=O)(=O)NP(C(C)C)C(C)C)cc1. The molecule has 21 heavy (non-hydrogen) atoms. The molecule has 0 unspecified atom stereocenters. The van der Waals surface area contributed by atoms with Crippen LogP contribution in [0.2, 0.25) is 0 Å². The first-order chi connectivity index (χ1) is 9.77. The highest BCUT2D eigenvalue weighted by Gasteiger charge is 2.24. The van der Waals surface area contributed by atoms with E-state index in [0.29, 0.717) is 16.2 Å². The van der Waals surface area contributed by atoms with Crippen molar-refractivity contribution in [1.82, 2.24) is 4.49 Å². The molecule has 0 spiro atoms. The molecule has 120 valence electrons. The molecule has 5 heteroatoms. The van der Waals surface area contributed by atoms with E-state index in [-0.39, 0.29) is 0 Å². The predicted molar refractivity (Wildman–Crippen MR) is 92.6 cm³/mol. The fraction of sp³-hybridized carbons (Fsp3) is 0.625. The van der Waals surface area contributed by atoms with Crippen LogP contribution in [-0.4, -0.2) is 19.7 Å². The minimum Gasteiger partial charge on any atom is -0.207 e. The molecular weight excluding hydrogens is 301 g/mol. The number of benzene rings is 1. The lowest BCUT2D eigenvalue weighted by molar-refractivity contribution is 0.593. The molecule has 1 N–H and O–H groups in total. The van der Waals surface area contributed by atoms with Gasteiger partial charge in [-0.1, -0.05) is 53.2 Å². The first-order valence-corrected chi connectivity index (χ1v) is 10.6. The summed E-state index contributed by atoms with van der Waals surface area (Å²) >= 11 is 0. The van der Waals surface area contributed by atoms with Crippen LogP contribution >= 0.6 is 8.07 Å². The third-order valence-electron chi connectivity index (χ3n) is 3.39. The number of hydrogen-bond donors (Lipinski definition) is 1. The molecule has 0 amide bonds. The summed E-state index contributed by atoms with van der Waals surface area (Å²) in [5.41, 5.74) is 1.86. The standard InChI is InChI=1S/C16H28NO2PS/c1-6-7-8-15-9-11-16(12-10-15)21(18,19)17-20(13(2)3)14(4)5/h9-14,17H,6-8H2,1-5H3. The predicted octanol–water partition coefficient (Wildman–Crippen LogP) is 4.52. The van der Waals surface area contributed by atoms with E-state index in [1.165, 1.54) is 5.56 Å². The van der Waals surface area contributed by atoms with E-state index < -0.39 is 18.1 Å². The van der Waals surface area contributed by atoms with E-state index in [1.807, 2.05) is 12.1 Å². The van der Waals surface area contributed by atoms with E-state index in [0.717, 1.165) is 19.3 Å². The number of sulfonamides is 1. The zero-order valence-corrected chi connectivity index (χ0v) is 15.5. The lowest BCUT2D eigenvalue weighted by atomic mass is 10.1.